The molecule has 0 unspecified atom stereocenters. The molecule has 1 saturated heterocycles. The molecular formula is C12H15Cl2F3N2O2S. The molecule has 0 radical (unpaired) electrons. The van der Waals surface area contributed by atoms with Crippen LogP contribution in [0.3, 0.4) is 0 Å². The molecule has 0 saturated carbocycles. The van der Waals surface area contributed by atoms with Crippen molar-refractivity contribution in [2.75, 3.05) is 13.1 Å². The number of rotatable bonds is 3. The van der Waals surface area contributed by atoms with E-state index in [1.165, 1.54) is 0 Å². The Balaban J connectivity index is 0.00000242. The molecule has 10 heteroatoms. The summed E-state index contributed by atoms with van der Waals surface area (Å²) < 4.78 is 64.9. The van der Waals surface area contributed by atoms with Crippen molar-refractivity contribution >= 4 is 34.0 Å². The molecule has 1 aromatic rings. The molecule has 0 aliphatic carbocycles. The third kappa shape index (κ3) is 4.73. The summed E-state index contributed by atoms with van der Waals surface area (Å²) in [5, 5.41) is 2.84. The monoisotopic (exact) mass is 378 g/mol. The number of alkyl halides is 3. The van der Waals surface area contributed by atoms with Crippen LogP contribution in [0.1, 0.15) is 18.4 Å². The van der Waals surface area contributed by atoms with Crippen molar-refractivity contribution in [3.63, 3.8) is 0 Å². The lowest BCUT2D eigenvalue weighted by Crippen LogP contribution is -2.42. The molecule has 0 bridgehead atoms. The van der Waals surface area contributed by atoms with Gasteiger partial charge in [0.25, 0.3) is 0 Å². The molecule has 0 aromatic heterocycles. The van der Waals surface area contributed by atoms with Gasteiger partial charge in [0, 0.05) is 6.04 Å². The van der Waals surface area contributed by atoms with Crippen molar-refractivity contribution in [3.8, 4) is 0 Å². The summed E-state index contributed by atoms with van der Waals surface area (Å²) in [6.45, 7) is 1.31. The smallest absolute Gasteiger partial charge is 0.317 e. The fourth-order valence-corrected chi connectivity index (χ4v) is 3.94. The fraction of sp³-hybridized carbons (Fsp3) is 0.500. The van der Waals surface area contributed by atoms with Crippen molar-refractivity contribution in [2.24, 2.45) is 0 Å². The lowest BCUT2D eigenvalue weighted by molar-refractivity contribution is -0.137. The molecule has 0 amide bonds. The summed E-state index contributed by atoms with van der Waals surface area (Å²) in [6.07, 6.45) is -3.46. The van der Waals surface area contributed by atoms with Crippen LogP contribution in [0.15, 0.2) is 23.1 Å². The zero-order valence-electron chi connectivity index (χ0n) is 11.3. The Kier molecular flexibility index (Phi) is 6.52. The fourth-order valence-electron chi connectivity index (χ4n) is 2.11. The highest BCUT2D eigenvalue weighted by atomic mass is 35.5. The van der Waals surface area contributed by atoms with Crippen molar-refractivity contribution in [1.82, 2.24) is 10.0 Å². The lowest BCUT2D eigenvalue weighted by Gasteiger charge is -2.23. The van der Waals surface area contributed by atoms with Gasteiger partial charge in [0.2, 0.25) is 10.0 Å². The molecule has 126 valence electrons. The molecule has 1 heterocycles. The Labute approximate surface area is 137 Å². The van der Waals surface area contributed by atoms with Crippen molar-refractivity contribution in [1.29, 1.82) is 0 Å². The summed E-state index contributed by atoms with van der Waals surface area (Å²) in [7, 11) is -4.08. The van der Waals surface area contributed by atoms with Crippen LogP contribution in [-0.2, 0) is 16.2 Å². The van der Waals surface area contributed by atoms with Gasteiger partial charge in [-0.25, -0.2) is 13.1 Å². The Bertz CT molecular complexity index is 617. The predicted molar refractivity (Wildman–Crippen MR) is 79.9 cm³/mol. The second-order valence-electron chi connectivity index (χ2n) is 4.79. The highest BCUT2D eigenvalue weighted by Gasteiger charge is 2.33. The molecule has 2 rings (SSSR count). The molecule has 1 aliphatic rings. The molecule has 2 N–H and O–H groups in total. The van der Waals surface area contributed by atoms with Gasteiger partial charge in [-0.1, -0.05) is 11.6 Å². The Hall–Kier alpha value is -0.540. The van der Waals surface area contributed by atoms with E-state index < -0.39 is 26.7 Å². The van der Waals surface area contributed by atoms with Crippen molar-refractivity contribution in [3.05, 3.63) is 28.8 Å². The van der Waals surface area contributed by atoms with Crippen LogP contribution in [0.4, 0.5) is 13.2 Å². The van der Waals surface area contributed by atoms with E-state index in [1.807, 2.05) is 0 Å². The maximum Gasteiger partial charge on any atom is 0.416 e. The number of nitrogens with one attached hydrogen (secondary N) is 2. The zero-order chi connectivity index (χ0) is 15.7. The van der Waals surface area contributed by atoms with Crippen LogP contribution in [0.5, 0.6) is 0 Å². The number of piperidine rings is 1. The first kappa shape index (κ1) is 19.5. The van der Waals surface area contributed by atoms with Crippen LogP contribution in [0, 0.1) is 0 Å². The van der Waals surface area contributed by atoms with E-state index in [4.69, 9.17) is 11.6 Å². The van der Waals surface area contributed by atoms with Crippen molar-refractivity contribution in [2.45, 2.75) is 30.0 Å². The summed E-state index contributed by atoms with van der Waals surface area (Å²) in [5.41, 5.74) is -1.04. The highest BCUT2D eigenvalue weighted by Crippen LogP contribution is 2.33. The van der Waals surface area contributed by atoms with Gasteiger partial charge in [0.1, 0.15) is 4.90 Å². The van der Waals surface area contributed by atoms with E-state index in [0.29, 0.717) is 32.0 Å². The minimum atomic E-state index is -4.62. The number of hydrogen-bond acceptors (Lipinski definition) is 3. The minimum Gasteiger partial charge on any atom is -0.317 e. The average Bonchev–Trinajstić information content (AvgIpc) is 2.38. The summed E-state index contributed by atoms with van der Waals surface area (Å²) in [6, 6.07) is 1.96. The minimum absolute atomic E-state index is 0. The molecule has 0 spiro atoms. The number of benzene rings is 1. The van der Waals surface area contributed by atoms with E-state index >= 15 is 0 Å². The van der Waals surface area contributed by atoms with Gasteiger partial charge >= 0.3 is 6.18 Å². The van der Waals surface area contributed by atoms with E-state index in [9.17, 15) is 21.6 Å². The standard InChI is InChI=1S/C12H14ClF3N2O2S.ClH/c13-10-2-1-8(12(14,15)16)7-11(10)21(19,20)18-9-3-5-17-6-4-9;/h1-2,7,9,17-18H,3-6H2;1H. The zero-order valence-corrected chi connectivity index (χ0v) is 13.7. The SMILES string of the molecule is Cl.O=S(=O)(NC1CCNCC1)c1cc(C(F)(F)F)ccc1Cl. The number of sulfonamides is 1. The van der Waals surface area contributed by atoms with Gasteiger partial charge in [-0.15, -0.1) is 12.4 Å². The summed E-state index contributed by atoms with van der Waals surface area (Å²) in [4.78, 5) is -0.544. The van der Waals surface area contributed by atoms with Crippen LogP contribution in [0.2, 0.25) is 5.02 Å². The molecule has 4 nitrogen and oxygen atoms in total. The van der Waals surface area contributed by atoms with Crippen LogP contribution in [-0.4, -0.2) is 27.5 Å². The van der Waals surface area contributed by atoms with Crippen molar-refractivity contribution < 1.29 is 21.6 Å². The third-order valence-electron chi connectivity index (χ3n) is 3.21. The number of halogens is 5. The maximum atomic E-state index is 12.7. The number of hydrogen-bond donors (Lipinski definition) is 2. The first-order valence-electron chi connectivity index (χ1n) is 6.30. The Morgan fingerprint density at radius 1 is 1.23 bits per heavy atom. The summed E-state index contributed by atoms with van der Waals surface area (Å²) in [5.74, 6) is 0. The largest absolute Gasteiger partial charge is 0.416 e. The lowest BCUT2D eigenvalue weighted by atomic mass is 10.1. The van der Waals surface area contributed by atoms with Gasteiger partial charge in [-0.05, 0) is 44.1 Å². The second-order valence-corrected chi connectivity index (χ2v) is 6.88. The Morgan fingerprint density at radius 3 is 2.36 bits per heavy atom. The van der Waals surface area contributed by atoms with Crippen LogP contribution >= 0.6 is 24.0 Å². The molecular weight excluding hydrogens is 364 g/mol. The van der Waals surface area contributed by atoms with Gasteiger partial charge in [-0.3, -0.25) is 0 Å². The molecule has 0 atom stereocenters. The molecule has 1 aromatic carbocycles. The highest BCUT2D eigenvalue weighted by molar-refractivity contribution is 7.89. The molecule has 1 fully saturated rings. The first-order valence-corrected chi connectivity index (χ1v) is 8.16. The van der Waals surface area contributed by atoms with Gasteiger partial charge in [0.15, 0.2) is 0 Å². The van der Waals surface area contributed by atoms with E-state index in [2.05, 4.69) is 10.0 Å². The Morgan fingerprint density at radius 2 is 1.82 bits per heavy atom. The summed E-state index contributed by atoms with van der Waals surface area (Å²) >= 11 is 5.75. The van der Waals surface area contributed by atoms with Gasteiger partial charge in [-0.2, -0.15) is 13.2 Å². The maximum absolute atomic E-state index is 12.7. The topological polar surface area (TPSA) is 58.2 Å². The van der Waals surface area contributed by atoms with Crippen LogP contribution < -0.4 is 10.0 Å². The first-order chi connectivity index (χ1) is 9.70. The van der Waals surface area contributed by atoms with E-state index in [1.54, 1.807) is 0 Å². The molecule has 22 heavy (non-hydrogen) atoms. The average molecular weight is 379 g/mol. The van der Waals surface area contributed by atoms with Gasteiger partial charge in [0.05, 0.1) is 10.6 Å². The second kappa shape index (κ2) is 7.35. The predicted octanol–water partition coefficient (Wildman–Crippen LogP) is 2.81. The van der Waals surface area contributed by atoms with Gasteiger partial charge < -0.3 is 5.32 Å². The quantitative estimate of drug-likeness (QED) is 0.849. The normalized spacial score (nSPS) is 17.1. The van der Waals surface area contributed by atoms with E-state index in [0.717, 1.165) is 12.1 Å². The third-order valence-corrected chi connectivity index (χ3v) is 5.21. The molecule has 1 aliphatic heterocycles. The van der Waals surface area contributed by atoms with Crippen LogP contribution in [0.25, 0.3) is 0 Å². The van der Waals surface area contributed by atoms with E-state index in [-0.39, 0.29) is 23.5 Å².